The highest BCUT2D eigenvalue weighted by atomic mass is 35.5. The first-order valence-corrected chi connectivity index (χ1v) is 8.29. The molecule has 0 radical (unpaired) electrons. The summed E-state index contributed by atoms with van der Waals surface area (Å²) < 4.78 is 5.89. The summed E-state index contributed by atoms with van der Waals surface area (Å²) in [7, 11) is 0. The van der Waals surface area contributed by atoms with Crippen molar-refractivity contribution in [1.29, 1.82) is 0 Å². The van der Waals surface area contributed by atoms with Gasteiger partial charge in [0.15, 0.2) is 5.76 Å². The molecule has 4 heteroatoms. The molecule has 3 rings (SSSR count). The Morgan fingerprint density at radius 1 is 0.913 bits per heavy atom. The standard InChI is InChI=1S/C19H17Cl2NO/c1-13-2-4-14(5-3-13)11-22-12-16-7-9-19(23-16)17-8-6-15(20)10-18(17)21/h2-10,22H,11-12H2,1H3/p+1. The minimum atomic E-state index is 0.599. The van der Waals surface area contributed by atoms with Gasteiger partial charge in [0.1, 0.15) is 18.8 Å². The van der Waals surface area contributed by atoms with Crippen LogP contribution in [-0.2, 0) is 13.1 Å². The predicted octanol–water partition coefficient (Wildman–Crippen LogP) is 4.83. The van der Waals surface area contributed by atoms with E-state index in [1.807, 2.05) is 24.3 Å². The van der Waals surface area contributed by atoms with Gasteiger partial charge in [0.2, 0.25) is 0 Å². The van der Waals surface area contributed by atoms with Crippen LogP contribution in [0.5, 0.6) is 0 Å². The summed E-state index contributed by atoms with van der Waals surface area (Å²) in [4.78, 5) is 0. The van der Waals surface area contributed by atoms with E-state index in [0.717, 1.165) is 30.2 Å². The van der Waals surface area contributed by atoms with E-state index >= 15 is 0 Å². The lowest BCUT2D eigenvalue weighted by atomic mass is 10.1. The number of rotatable bonds is 5. The number of quaternary nitrogens is 1. The molecule has 3 aromatic rings. The Balaban J connectivity index is 1.62. The van der Waals surface area contributed by atoms with Crippen molar-refractivity contribution in [2.45, 2.75) is 20.0 Å². The Labute approximate surface area is 146 Å². The van der Waals surface area contributed by atoms with Crippen molar-refractivity contribution in [3.8, 4) is 11.3 Å². The van der Waals surface area contributed by atoms with Crippen LogP contribution in [0.25, 0.3) is 11.3 Å². The molecule has 0 amide bonds. The van der Waals surface area contributed by atoms with E-state index in [1.54, 1.807) is 6.07 Å². The maximum atomic E-state index is 6.22. The van der Waals surface area contributed by atoms with E-state index < -0.39 is 0 Å². The Morgan fingerprint density at radius 3 is 2.43 bits per heavy atom. The molecule has 0 aliphatic rings. The van der Waals surface area contributed by atoms with E-state index in [4.69, 9.17) is 27.6 Å². The van der Waals surface area contributed by atoms with Crippen molar-refractivity contribution in [3.63, 3.8) is 0 Å². The van der Waals surface area contributed by atoms with E-state index in [-0.39, 0.29) is 0 Å². The molecule has 0 aliphatic heterocycles. The van der Waals surface area contributed by atoms with E-state index in [9.17, 15) is 0 Å². The molecule has 0 saturated heterocycles. The van der Waals surface area contributed by atoms with Gasteiger partial charge in [0, 0.05) is 16.1 Å². The van der Waals surface area contributed by atoms with Crippen LogP contribution in [0.3, 0.4) is 0 Å². The van der Waals surface area contributed by atoms with Gasteiger partial charge in [-0.05, 0) is 37.3 Å². The molecule has 0 atom stereocenters. The zero-order valence-electron chi connectivity index (χ0n) is 12.9. The molecule has 0 spiro atoms. The second-order valence-corrected chi connectivity index (χ2v) is 6.42. The summed E-state index contributed by atoms with van der Waals surface area (Å²) in [6.07, 6.45) is 0. The van der Waals surface area contributed by atoms with Gasteiger partial charge >= 0.3 is 0 Å². The van der Waals surface area contributed by atoms with Gasteiger partial charge in [-0.2, -0.15) is 0 Å². The van der Waals surface area contributed by atoms with Crippen LogP contribution in [-0.4, -0.2) is 0 Å². The highest BCUT2D eigenvalue weighted by Gasteiger charge is 2.10. The summed E-state index contributed by atoms with van der Waals surface area (Å²) in [5, 5.41) is 3.44. The lowest BCUT2D eigenvalue weighted by Gasteiger charge is -2.02. The second-order valence-electron chi connectivity index (χ2n) is 5.57. The highest BCUT2D eigenvalue weighted by molar-refractivity contribution is 6.36. The Hall–Kier alpha value is -1.74. The van der Waals surface area contributed by atoms with Gasteiger partial charge in [0.25, 0.3) is 0 Å². The van der Waals surface area contributed by atoms with Gasteiger partial charge in [-0.25, -0.2) is 0 Å². The first-order valence-electron chi connectivity index (χ1n) is 7.53. The number of aryl methyl sites for hydroxylation is 1. The number of nitrogens with two attached hydrogens (primary N) is 1. The monoisotopic (exact) mass is 346 g/mol. The third kappa shape index (κ3) is 4.17. The maximum absolute atomic E-state index is 6.22. The van der Waals surface area contributed by atoms with Crippen LogP contribution in [0.15, 0.2) is 59.0 Å². The number of benzene rings is 2. The largest absolute Gasteiger partial charge is 0.455 e. The predicted molar refractivity (Wildman–Crippen MR) is 94.7 cm³/mol. The second kappa shape index (κ2) is 7.22. The minimum Gasteiger partial charge on any atom is -0.455 e. The molecule has 0 bridgehead atoms. The average molecular weight is 347 g/mol. The molecule has 0 unspecified atom stereocenters. The molecule has 23 heavy (non-hydrogen) atoms. The lowest BCUT2D eigenvalue weighted by Crippen LogP contribution is -2.80. The SMILES string of the molecule is Cc1ccc(C[NH2+]Cc2ccc(-c3ccc(Cl)cc3Cl)o2)cc1. The van der Waals surface area contributed by atoms with Crippen LogP contribution in [0.1, 0.15) is 16.9 Å². The summed E-state index contributed by atoms with van der Waals surface area (Å²) in [6.45, 7) is 3.82. The first kappa shape index (κ1) is 16.1. The van der Waals surface area contributed by atoms with Crippen LogP contribution >= 0.6 is 23.2 Å². The molecular weight excluding hydrogens is 329 g/mol. The van der Waals surface area contributed by atoms with Crippen LogP contribution in [0, 0.1) is 6.92 Å². The quantitative estimate of drug-likeness (QED) is 0.704. The molecule has 118 valence electrons. The van der Waals surface area contributed by atoms with Crippen LogP contribution < -0.4 is 5.32 Å². The van der Waals surface area contributed by atoms with E-state index in [0.29, 0.717) is 10.0 Å². The number of hydrogen-bond donors (Lipinski definition) is 1. The fraction of sp³-hybridized carbons (Fsp3) is 0.158. The van der Waals surface area contributed by atoms with Gasteiger partial charge in [0.05, 0.1) is 5.02 Å². The van der Waals surface area contributed by atoms with E-state index in [1.165, 1.54) is 11.1 Å². The van der Waals surface area contributed by atoms with Crippen molar-refractivity contribution in [1.82, 2.24) is 0 Å². The molecule has 0 saturated carbocycles. The molecule has 2 N–H and O–H groups in total. The number of furan rings is 1. The van der Waals surface area contributed by atoms with E-state index in [2.05, 4.69) is 36.5 Å². The van der Waals surface area contributed by atoms with Gasteiger partial charge in [-0.3, -0.25) is 0 Å². The molecule has 0 aliphatic carbocycles. The van der Waals surface area contributed by atoms with Gasteiger partial charge < -0.3 is 9.73 Å². The molecular formula is C19H18Cl2NO+. The fourth-order valence-corrected chi connectivity index (χ4v) is 2.93. The van der Waals surface area contributed by atoms with Crippen molar-refractivity contribution in [2.75, 3.05) is 0 Å². The van der Waals surface area contributed by atoms with Crippen molar-refractivity contribution < 1.29 is 9.73 Å². The van der Waals surface area contributed by atoms with Gasteiger partial charge in [-0.15, -0.1) is 0 Å². The zero-order valence-corrected chi connectivity index (χ0v) is 14.4. The molecule has 2 nitrogen and oxygen atoms in total. The Bertz CT molecular complexity index is 793. The normalized spacial score (nSPS) is 10.9. The maximum Gasteiger partial charge on any atom is 0.158 e. The summed E-state index contributed by atoms with van der Waals surface area (Å²) >= 11 is 12.1. The van der Waals surface area contributed by atoms with Crippen molar-refractivity contribution >= 4 is 23.2 Å². The summed E-state index contributed by atoms with van der Waals surface area (Å²) in [6, 6.07) is 17.9. The lowest BCUT2D eigenvalue weighted by molar-refractivity contribution is -0.687. The Kier molecular flexibility index (Phi) is 5.06. The first-order chi connectivity index (χ1) is 11.1. The number of halogens is 2. The topological polar surface area (TPSA) is 29.8 Å². The van der Waals surface area contributed by atoms with Crippen molar-refractivity contribution in [3.05, 3.63) is 81.5 Å². The average Bonchev–Trinajstić information content (AvgIpc) is 2.98. The van der Waals surface area contributed by atoms with Crippen LogP contribution in [0.2, 0.25) is 10.0 Å². The Morgan fingerprint density at radius 2 is 1.70 bits per heavy atom. The highest BCUT2D eigenvalue weighted by Crippen LogP contribution is 2.31. The smallest absolute Gasteiger partial charge is 0.158 e. The molecule has 1 aromatic heterocycles. The fourth-order valence-electron chi connectivity index (χ4n) is 2.43. The third-order valence-corrected chi connectivity index (χ3v) is 4.25. The van der Waals surface area contributed by atoms with Crippen LogP contribution in [0.4, 0.5) is 0 Å². The molecule has 0 fully saturated rings. The zero-order chi connectivity index (χ0) is 16.2. The third-order valence-electron chi connectivity index (χ3n) is 3.70. The summed E-state index contributed by atoms with van der Waals surface area (Å²) in [5.74, 6) is 1.70. The molecule has 1 heterocycles. The minimum absolute atomic E-state index is 0.599. The summed E-state index contributed by atoms with van der Waals surface area (Å²) in [5.41, 5.74) is 3.45. The van der Waals surface area contributed by atoms with Crippen molar-refractivity contribution in [2.24, 2.45) is 0 Å². The number of hydrogen-bond acceptors (Lipinski definition) is 1. The van der Waals surface area contributed by atoms with Gasteiger partial charge in [-0.1, -0.05) is 53.0 Å². The molecule has 2 aromatic carbocycles.